The predicted molar refractivity (Wildman–Crippen MR) is 83.2 cm³/mol. The van der Waals surface area contributed by atoms with Gasteiger partial charge in [-0.05, 0) is 24.3 Å². The zero-order valence-corrected chi connectivity index (χ0v) is 13.0. The number of hydrogen-bond acceptors (Lipinski definition) is 5. The molecule has 1 aliphatic rings. The summed E-state index contributed by atoms with van der Waals surface area (Å²) in [5, 5.41) is 0.757. The van der Waals surface area contributed by atoms with Crippen molar-refractivity contribution in [3.8, 4) is 5.75 Å². The topological polar surface area (TPSA) is 80.8 Å². The van der Waals surface area contributed by atoms with Gasteiger partial charge in [0.1, 0.15) is 5.75 Å². The van der Waals surface area contributed by atoms with Crippen LogP contribution in [0.25, 0.3) is 10.9 Å². The Bertz CT molecular complexity index is 773. The third-order valence-electron chi connectivity index (χ3n) is 3.50. The SMILES string of the molecule is COc1ccc(NS(=O)(=O)N2CCOCC2)c2ncccc12. The molecule has 0 aliphatic carbocycles. The molecule has 1 fully saturated rings. The lowest BCUT2D eigenvalue weighted by Gasteiger charge is -2.26. The first-order valence-electron chi connectivity index (χ1n) is 6.89. The van der Waals surface area contributed by atoms with Gasteiger partial charge in [-0.3, -0.25) is 9.71 Å². The summed E-state index contributed by atoms with van der Waals surface area (Å²) in [5.74, 6) is 0.650. The van der Waals surface area contributed by atoms with E-state index in [1.807, 2.05) is 6.07 Å². The van der Waals surface area contributed by atoms with Gasteiger partial charge in [0, 0.05) is 24.7 Å². The van der Waals surface area contributed by atoms with E-state index in [2.05, 4.69) is 9.71 Å². The smallest absolute Gasteiger partial charge is 0.301 e. The molecule has 0 bridgehead atoms. The van der Waals surface area contributed by atoms with Crippen molar-refractivity contribution in [2.45, 2.75) is 0 Å². The average molecular weight is 323 g/mol. The maximum Gasteiger partial charge on any atom is 0.301 e. The molecule has 3 rings (SSSR count). The van der Waals surface area contributed by atoms with Crippen LogP contribution in [0.5, 0.6) is 5.75 Å². The highest BCUT2D eigenvalue weighted by Gasteiger charge is 2.25. The second kappa shape index (κ2) is 6.07. The van der Waals surface area contributed by atoms with E-state index in [-0.39, 0.29) is 0 Å². The summed E-state index contributed by atoms with van der Waals surface area (Å²) in [6.45, 7) is 1.50. The minimum atomic E-state index is -3.62. The maximum absolute atomic E-state index is 12.5. The predicted octanol–water partition coefficient (Wildman–Crippen LogP) is 1.23. The molecular formula is C14H17N3O4S. The second-order valence-electron chi connectivity index (χ2n) is 4.83. The number of morpholine rings is 1. The molecule has 1 N–H and O–H groups in total. The lowest BCUT2D eigenvalue weighted by atomic mass is 10.2. The van der Waals surface area contributed by atoms with Crippen LogP contribution in [-0.4, -0.2) is 51.1 Å². The van der Waals surface area contributed by atoms with Gasteiger partial charge in [0.05, 0.1) is 31.5 Å². The van der Waals surface area contributed by atoms with Crippen molar-refractivity contribution < 1.29 is 17.9 Å². The van der Waals surface area contributed by atoms with Gasteiger partial charge in [-0.15, -0.1) is 0 Å². The number of nitrogens with one attached hydrogen (secondary N) is 1. The summed E-state index contributed by atoms with van der Waals surface area (Å²) in [5.41, 5.74) is 0.988. The standard InChI is InChI=1S/C14H17N3O4S/c1-20-13-5-4-12(14-11(13)3-2-6-15-14)16-22(18,19)17-7-9-21-10-8-17/h2-6,16H,7-10H2,1H3. The van der Waals surface area contributed by atoms with E-state index in [1.165, 1.54) is 4.31 Å². The maximum atomic E-state index is 12.5. The van der Waals surface area contributed by atoms with E-state index in [0.29, 0.717) is 43.3 Å². The molecule has 2 heterocycles. The van der Waals surface area contributed by atoms with Gasteiger partial charge < -0.3 is 9.47 Å². The lowest BCUT2D eigenvalue weighted by Crippen LogP contribution is -2.43. The molecule has 0 spiro atoms. The van der Waals surface area contributed by atoms with Gasteiger partial charge in [0.2, 0.25) is 0 Å². The highest BCUT2D eigenvalue weighted by atomic mass is 32.2. The molecule has 22 heavy (non-hydrogen) atoms. The van der Waals surface area contributed by atoms with Crippen LogP contribution in [0.3, 0.4) is 0 Å². The Morgan fingerprint density at radius 3 is 2.77 bits per heavy atom. The van der Waals surface area contributed by atoms with Crippen LogP contribution in [0.15, 0.2) is 30.5 Å². The first-order valence-corrected chi connectivity index (χ1v) is 8.33. The molecule has 1 saturated heterocycles. The summed E-state index contributed by atoms with van der Waals surface area (Å²) in [7, 11) is -2.06. The first-order chi connectivity index (χ1) is 10.6. The summed E-state index contributed by atoms with van der Waals surface area (Å²) in [6.07, 6.45) is 1.62. The fourth-order valence-corrected chi connectivity index (χ4v) is 3.60. The van der Waals surface area contributed by atoms with Crippen molar-refractivity contribution in [1.29, 1.82) is 0 Å². The number of fused-ring (bicyclic) bond motifs is 1. The Hall–Kier alpha value is -1.90. The van der Waals surface area contributed by atoms with Crippen molar-refractivity contribution >= 4 is 26.8 Å². The molecular weight excluding hydrogens is 306 g/mol. The molecule has 0 atom stereocenters. The van der Waals surface area contributed by atoms with Crippen LogP contribution in [0.2, 0.25) is 0 Å². The van der Waals surface area contributed by atoms with Crippen LogP contribution in [0.4, 0.5) is 5.69 Å². The van der Waals surface area contributed by atoms with E-state index in [9.17, 15) is 8.42 Å². The number of ether oxygens (including phenoxy) is 2. The highest BCUT2D eigenvalue weighted by Crippen LogP contribution is 2.30. The quantitative estimate of drug-likeness (QED) is 0.915. The van der Waals surface area contributed by atoms with Crippen LogP contribution in [0, 0.1) is 0 Å². The zero-order valence-electron chi connectivity index (χ0n) is 12.2. The van der Waals surface area contributed by atoms with Gasteiger partial charge >= 0.3 is 10.2 Å². The number of rotatable bonds is 4. The lowest BCUT2D eigenvalue weighted by molar-refractivity contribution is 0.0733. The number of benzene rings is 1. The average Bonchev–Trinajstić information content (AvgIpc) is 2.56. The number of aromatic nitrogens is 1. The van der Waals surface area contributed by atoms with E-state index >= 15 is 0 Å². The Labute approximate surface area is 129 Å². The van der Waals surface area contributed by atoms with Crippen molar-refractivity contribution in [2.24, 2.45) is 0 Å². The number of hydrogen-bond donors (Lipinski definition) is 1. The molecule has 0 amide bonds. The van der Waals surface area contributed by atoms with Crippen LogP contribution in [-0.2, 0) is 14.9 Å². The fourth-order valence-electron chi connectivity index (χ4n) is 2.40. The normalized spacial score (nSPS) is 16.6. The molecule has 0 radical (unpaired) electrons. The van der Waals surface area contributed by atoms with Crippen molar-refractivity contribution in [3.05, 3.63) is 30.5 Å². The molecule has 7 nitrogen and oxygen atoms in total. The van der Waals surface area contributed by atoms with Crippen LogP contribution >= 0.6 is 0 Å². The Kier molecular flexibility index (Phi) is 4.14. The molecule has 8 heteroatoms. The van der Waals surface area contributed by atoms with Crippen molar-refractivity contribution in [3.63, 3.8) is 0 Å². The Balaban J connectivity index is 1.97. The van der Waals surface area contributed by atoms with E-state index in [4.69, 9.17) is 9.47 Å². The van der Waals surface area contributed by atoms with Crippen molar-refractivity contribution in [1.82, 2.24) is 9.29 Å². The Morgan fingerprint density at radius 2 is 2.05 bits per heavy atom. The largest absolute Gasteiger partial charge is 0.496 e. The number of pyridine rings is 1. The minimum Gasteiger partial charge on any atom is -0.496 e. The summed E-state index contributed by atoms with van der Waals surface area (Å²) in [4.78, 5) is 4.27. The van der Waals surface area contributed by atoms with Crippen LogP contribution in [0.1, 0.15) is 0 Å². The molecule has 1 aromatic carbocycles. The summed E-state index contributed by atoms with van der Waals surface area (Å²) >= 11 is 0. The van der Waals surface area contributed by atoms with Gasteiger partial charge in [-0.25, -0.2) is 0 Å². The molecule has 1 aliphatic heterocycles. The minimum absolute atomic E-state index is 0.344. The third kappa shape index (κ3) is 2.85. The first kappa shape index (κ1) is 15.0. The molecule has 0 saturated carbocycles. The number of methoxy groups -OCH3 is 1. The Morgan fingerprint density at radius 1 is 1.27 bits per heavy atom. The summed E-state index contributed by atoms with van der Waals surface area (Å²) in [6, 6.07) is 7.01. The van der Waals surface area contributed by atoms with Gasteiger partial charge in [0.15, 0.2) is 0 Å². The van der Waals surface area contributed by atoms with E-state index in [0.717, 1.165) is 5.39 Å². The number of anilines is 1. The number of nitrogens with zero attached hydrogens (tertiary/aromatic N) is 2. The fraction of sp³-hybridized carbons (Fsp3) is 0.357. The van der Waals surface area contributed by atoms with Gasteiger partial charge in [-0.1, -0.05) is 0 Å². The molecule has 1 aromatic heterocycles. The monoisotopic (exact) mass is 323 g/mol. The third-order valence-corrected chi connectivity index (χ3v) is 5.02. The van der Waals surface area contributed by atoms with Crippen LogP contribution < -0.4 is 9.46 Å². The molecule has 2 aromatic rings. The van der Waals surface area contributed by atoms with Gasteiger partial charge in [-0.2, -0.15) is 12.7 Å². The van der Waals surface area contributed by atoms with E-state index < -0.39 is 10.2 Å². The highest BCUT2D eigenvalue weighted by molar-refractivity contribution is 7.90. The van der Waals surface area contributed by atoms with Crippen molar-refractivity contribution in [2.75, 3.05) is 38.1 Å². The summed E-state index contributed by atoms with van der Waals surface area (Å²) < 4.78 is 39.4. The molecule has 0 unspecified atom stereocenters. The zero-order chi connectivity index (χ0) is 15.6. The molecule has 118 valence electrons. The second-order valence-corrected chi connectivity index (χ2v) is 6.50. The van der Waals surface area contributed by atoms with E-state index in [1.54, 1.807) is 31.5 Å². The van der Waals surface area contributed by atoms with Gasteiger partial charge in [0.25, 0.3) is 0 Å².